The van der Waals surface area contributed by atoms with Crippen molar-refractivity contribution < 1.29 is 4.79 Å². The van der Waals surface area contributed by atoms with Crippen molar-refractivity contribution >= 4 is 41.0 Å². The fourth-order valence-electron chi connectivity index (χ4n) is 3.03. The minimum absolute atomic E-state index is 0.0767. The van der Waals surface area contributed by atoms with Crippen LogP contribution in [0.5, 0.6) is 0 Å². The normalized spacial score (nSPS) is 16.8. The van der Waals surface area contributed by atoms with Crippen molar-refractivity contribution in [3.05, 3.63) is 30.5 Å². The number of carbonyl (C=O) groups is 1. The minimum Gasteiger partial charge on any atom is -0.346 e. The van der Waals surface area contributed by atoms with E-state index in [1.807, 2.05) is 36.2 Å². The van der Waals surface area contributed by atoms with Crippen molar-refractivity contribution in [1.82, 2.24) is 9.97 Å². The molecular formula is C18H24N6OS. The van der Waals surface area contributed by atoms with Crippen LogP contribution >= 0.6 is 11.9 Å². The first-order valence-corrected chi connectivity index (χ1v) is 9.40. The number of nitrogens with two attached hydrogens (primary N) is 1. The summed E-state index contributed by atoms with van der Waals surface area (Å²) in [6.07, 6.45) is 2.47. The van der Waals surface area contributed by atoms with Crippen molar-refractivity contribution in [3.8, 4) is 0 Å². The zero-order valence-corrected chi connectivity index (χ0v) is 16.2. The Morgan fingerprint density at radius 3 is 2.58 bits per heavy atom. The monoisotopic (exact) mass is 372 g/mol. The maximum Gasteiger partial charge on any atom is 0.249 e. The Hall–Kier alpha value is -2.32. The van der Waals surface area contributed by atoms with E-state index in [0.29, 0.717) is 11.9 Å². The Morgan fingerprint density at radius 1 is 1.27 bits per heavy atom. The summed E-state index contributed by atoms with van der Waals surface area (Å²) in [6, 6.07) is 7.51. The Labute approximate surface area is 158 Å². The number of amides is 1. The van der Waals surface area contributed by atoms with Crippen LogP contribution in [0, 0.1) is 5.92 Å². The van der Waals surface area contributed by atoms with E-state index >= 15 is 0 Å². The molecule has 1 amide bonds. The largest absolute Gasteiger partial charge is 0.346 e. The topological polar surface area (TPSA) is 87.4 Å². The molecule has 0 spiro atoms. The van der Waals surface area contributed by atoms with Crippen molar-refractivity contribution in [2.75, 3.05) is 29.2 Å². The number of nitrogens with one attached hydrogen (secondary N) is 1. The van der Waals surface area contributed by atoms with Gasteiger partial charge in [0.15, 0.2) is 5.82 Å². The lowest BCUT2D eigenvalue weighted by Gasteiger charge is -2.39. The summed E-state index contributed by atoms with van der Waals surface area (Å²) < 4.78 is 0. The molecule has 1 aromatic heterocycles. The number of anilines is 4. The molecule has 0 saturated heterocycles. The lowest BCUT2D eigenvalue weighted by Crippen LogP contribution is -2.51. The van der Waals surface area contributed by atoms with Gasteiger partial charge in [-0.05, 0) is 48.6 Å². The van der Waals surface area contributed by atoms with E-state index in [1.54, 1.807) is 18.1 Å². The Balaban J connectivity index is 1.88. The molecule has 0 radical (unpaired) electrons. The van der Waals surface area contributed by atoms with Gasteiger partial charge in [-0.2, -0.15) is 4.98 Å². The smallest absolute Gasteiger partial charge is 0.249 e. The van der Waals surface area contributed by atoms with Crippen LogP contribution in [0.1, 0.15) is 20.3 Å². The molecule has 0 saturated carbocycles. The van der Waals surface area contributed by atoms with E-state index in [9.17, 15) is 4.79 Å². The van der Waals surface area contributed by atoms with Gasteiger partial charge in [0, 0.05) is 24.7 Å². The highest BCUT2D eigenvalue weighted by atomic mass is 32.2. The molecule has 2 aromatic rings. The third kappa shape index (κ3) is 3.61. The quantitative estimate of drug-likeness (QED) is 0.780. The number of fused-ring (bicyclic) bond motifs is 1. The van der Waals surface area contributed by atoms with Gasteiger partial charge < -0.3 is 15.1 Å². The van der Waals surface area contributed by atoms with Crippen molar-refractivity contribution in [2.45, 2.75) is 31.2 Å². The molecule has 3 N–H and O–H groups in total. The highest BCUT2D eigenvalue weighted by molar-refractivity contribution is 7.97. The highest BCUT2D eigenvalue weighted by Crippen LogP contribution is 2.34. The molecule has 1 aliphatic heterocycles. The predicted octanol–water partition coefficient (Wildman–Crippen LogP) is 3.01. The van der Waals surface area contributed by atoms with Crippen LogP contribution in [0.3, 0.4) is 0 Å². The van der Waals surface area contributed by atoms with Crippen molar-refractivity contribution in [2.24, 2.45) is 11.1 Å². The Kier molecular flexibility index (Phi) is 5.33. The average molecular weight is 372 g/mol. The summed E-state index contributed by atoms with van der Waals surface area (Å²) in [5.74, 6) is 1.74. The molecule has 1 unspecified atom stereocenters. The zero-order chi connectivity index (χ0) is 18.8. The van der Waals surface area contributed by atoms with Crippen LogP contribution in [0.4, 0.5) is 23.1 Å². The van der Waals surface area contributed by atoms with Crippen LogP contribution in [0.2, 0.25) is 0 Å². The third-order valence-electron chi connectivity index (χ3n) is 4.47. The molecule has 26 heavy (non-hydrogen) atoms. The Morgan fingerprint density at radius 2 is 1.96 bits per heavy atom. The first-order valence-electron chi connectivity index (χ1n) is 8.52. The fraction of sp³-hybridized carbons (Fsp3) is 0.389. The summed E-state index contributed by atoms with van der Waals surface area (Å²) in [6.45, 7) is 4.24. The number of rotatable bonds is 5. The number of hydrogen-bond acceptors (Lipinski definition) is 7. The number of benzene rings is 1. The molecule has 2 heterocycles. The van der Waals surface area contributed by atoms with Crippen LogP contribution in [0.25, 0.3) is 0 Å². The molecule has 0 bridgehead atoms. The number of nitrogens with zero attached hydrogens (tertiary/aromatic N) is 4. The van der Waals surface area contributed by atoms with Gasteiger partial charge in [-0.15, -0.1) is 0 Å². The highest BCUT2D eigenvalue weighted by Gasteiger charge is 2.36. The summed E-state index contributed by atoms with van der Waals surface area (Å²) >= 11 is 1.20. The molecule has 7 nitrogen and oxygen atoms in total. The summed E-state index contributed by atoms with van der Waals surface area (Å²) in [7, 11) is 3.70. The van der Waals surface area contributed by atoms with Gasteiger partial charge in [0.1, 0.15) is 11.7 Å². The summed E-state index contributed by atoms with van der Waals surface area (Å²) in [4.78, 5) is 26.3. The maximum absolute atomic E-state index is 12.7. The second kappa shape index (κ2) is 7.51. The molecular weight excluding hydrogens is 348 g/mol. The first kappa shape index (κ1) is 18.5. The van der Waals surface area contributed by atoms with Crippen LogP contribution in [0.15, 0.2) is 35.4 Å². The SMILES string of the molecule is CC(C)CC1C(=O)N(C)c2cnc(Nc3ccc(SN)cc3)nc2N1C. The predicted molar refractivity (Wildman–Crippen MR) is 107 cm³/mol. The van der Waals surface area contributed by atoms with E-state index in [-0.39, 0.29) is 11.9 Å². The lowest BCUT2D eigenvalue weighted by molar-refractivity contribution is -0.120. The number of carbonyl (C=O) groups excluding carboxylic acids is 1. The molecule has 138 valence electrons. The molecule has 1 atom stereocenters. The molecule has 1 aromatic carbocycles. The second-order valence-corrected chi connectivity index (χ2v) is 7.53. The van der Waals surface area contributed by atoms with Crippen LogP contribution in [-0.2, 0) is 4.79 Å². The number of likely N-dealkylation sites (N-methyl/N-ethyl adjacent to an activating group) is 2. The molecule has 0 fully saturated rings. The van der Waals surface area contributed by atoms with Gasteiger partial charge in [-0.1, -0.05) is 13.8 Å². The van der Waals surface area contributed by atoms with Gasteiger partial charge in [-0.25, -0.2) is 4.98 Å². The van der Waals surface area contributed by atoms with Gasteiger partial charge in [-0.3, -0.25) is 9.93 Å². The maximum atomic E-state index is 12.7. The van der Waals surface area contributed by atoms with E-state index in [1.165, 1.54) is 11.9 Å². The molecule has 1 aliphatic rings. The lowest BCUT2D eigenvalue weighted by atomic mass is 9.99. The fourth-order valence-corrected chi connectivity index (χ4v) is 3.32. The molecule has 8 heteroatoms. The van der Waals surface area contributed by atoms with Gasteiger partial charge in [0.25, 0.3) is 0 Å². The van der Waals surface area contributed by atoms with Crippen molar-refractivity contribution in [1.29, 1.82) is 0 Å². The number of aromatic nitrogens is 2. The van der Waals surface area contributed by atoms with Crippen molar-refractivity contribution in [3.63, 3.8) is 0 Å². The third-order valence-corrected chi connectivity index (χ3v) is 5.01. The molecule has 0 aliphatic carbocycles. The van der Waals surface area contributed by atoms with Crippen LogP contribution in [-0.4, -0.2) is 36.0 Å². The Bertz CT molecular complexity index is 795. The van der Waals surface area contributed by atoms with Gasteiger partial charge in [0.2, 0.25) is 11.9 Å². The van der Waals surface area contributed by atoms with E-state index in [0.717, 1.165) is 28.5 Å². The molecule has 3 rings (SSSR count). The average Bonchev–Trinajstić information content (AvgIpc) is 2.64. The zero-order valence-electron chi connectivity index (χ0n) is 15.4. The van der Waals surface area contributed by atoms with Gasteiger partial charge in [0.05, 0.1) is 6.20 Å². The van der Waals surface area contributed by atoms with Crippen LogP contribution < -0.4 is 20.3 Å². The minimum atomic E-state index is -0.212. The van der Waals surface area contributed by atoms with E-state index in [4.69, 9.17) is 5.14 Å². The first-order chi connectivity index (χ1) is 12.4. The van der Waals surface area contributed by atoms with Gasteiger partial charge >= 0.3 is 0 Å². The second-order valence-electron chi connectivity index (χ2n) is 6.82. The summed E-state index contributed by atoms with van der Waals surface area (Å²) in [5.41, 5.74) is 1.60. The van der Waals surface area contributed by atoms with E-state index < -0.39 is 0 Å². The van der Waals surface area contributed by atoms with E-state index in [2.05, 4.69) is 29.1 Å². The standard InChI is InChI=1S/C18H24N6OS/c1-11(2)9-14-17(25)24(4)15-10-20-18(22-16(15)23(14)3)21-12-5-7-13(26-19)8-6-12/h5-8,10-11,14H,9,19H2,1-4H3,(H,20,21,22). The number of hydrogen-bond donors (Lipinski definition) is 2. The summed E-state index contributed by atoms with van der Waals surface area (Å²) in [5, 5.41) is 8.75.